The molecule has 0 bridgehead atoms. The van der Waals surface area contributed by atoms with E-state index in [1.807, 2.05) is 0 Å². The van der Waals surface area contributed by atoms with Crippen molar-refractivity contribution in [2.75, 3.05) is 0 Å². The van der Waals surface area contributed by atoms with Crippen LogP contribution in [-0.4, -0.2) is 6.98 Å². The average molecular weight is 244 g/mol. The molecule has 0 fully saturated rings. The van der Waals surface area contributed by atoms with Gasteiger partial charge in [-0.15, -0.1) is 5.46 Å². The van der Waals surface area contributed by atoms with Gasteiger partial charge in [-0.1, -0.05) is 42.4 Å². The molecule has 0 aliphatic heterocycles. The minimum absolute atomic E-state index is 0. The standard InChI is InChI=1S/C8H6BClF3.K/c1-6(10)7-3-2-4-8(5-7)9(11,12)13;/h2-5H,1H2;/q-1;+1. The van der Waals surface area contributed by atoms with E-state index < -0.39 is 12.4 Å². The topological polar surface area (TPSA) is 0 Å². The van der Waals surface area contributed by atoms with Crippen LogP contribution in [0.4, 0.5) is 12.9 Å². The van der Waals surface area contributed by atoms with E-state index in [-0.39, 0.29) is 56.4 Å². The van der Waals surface area contributed by atoms with Gasteiger partial charge >= 0.3 is 58.4 Å². The third-order valence-corrected chi connectivity index (χ3v) is 1.80. The van der Waals surface area contributed by atoms with Gasteiger partial charge < -0.3 is 12.9 Å². The van der Waals surface area contributed by atoms with Gasteiger partial charge in [0.1, 0.15) is 0 Å². The third kappa shape index (κ3) is 4.08. The fourth-order valence-electron chi connectivity index (χ4n) is 0.911. The first-order valence-electron chi connectivity index (χ1n) is 3.56. The van der Waals surface area contributed by atoms with E-state index in [0.717, 1.165) is 12.1 Å². The molecular weight excluding hydrogens is 238 g/mol. The first-order valence-corrected chi connectivity index (χ1v) is 3.94. The van der Waals surface area contributed by atoms with Crippen LogP contribution in [0.5, 0.6) is 0 Å². The second-order valence-corrected chi connectivity index (χ2v) is 3.06. The van der Waals surface area contributed by atoms with E-state index in [4.69, 9.17) is 11.6 Å². The zero-order chi connectivity index (χ0) is 10.1. The van der Waals surface area contributed by atoms with Crippen LogP contribution in [0.25, 0.3) is 5.03 Å². The molecule has 14 heavy (non-hydrogen) atoms. The van der Waals surface area contributed by atoms with Crippen LogP contribution in [0.1, 0.15) is 5.56 Å². The van der Waals surface area contributed by atoms with E-state index in [1.54, 1.807) is 0 Å². The summed E-state index contributed by atoms with van der Waals surface area (Å²) in [5.74, 6) is 0. The molecule has 0 aliphatic carbocycles. The minimum Gasteiger partial charge on any atom is -0.445 e. The van der Waals surface area contributed by atoms with Crippen molar-refractivity contribution in [3.8, 4) is 0 Å². The summed E-state index contributed by atoms with van der Waals surface area (Å²) in [7, 11) is 0. The summed E-state index contributed by atoms with van der Waals surface area (Å²) in [6.45, 7) is -1.60. The fourth-order valence-corrected chi connectivity index (χ4v) is 1.03. The predicted molar refractivity (Wildman–Crippen MR) is 50.0 cm³/mol. The molecule has 0 aromatic heterocycles. The Morgan fingerprint density at radius 2 is 1.86 bits per heavy atom. The average Bonchev–Trinajstić information content (AvgIpc) is 2.03. The summed E-state index contributed by atoms with van der Waals surface area (Å²) in [5, 5.41) is 0.113. The van der Waals surface area contributed by atoms with Gasteiger partial charge in [0.15, 0.2) is 0 Å². The SMILES string of the molecule is C=C(Cl)c1cccc([B-](F)(F)F)c1.[K+]. The molecule has 0 unspecified atom stereocenters. The van der Waals surface area contributed by atoms with Crippen LogP contribution >= 0.6 is 11.6 Å². The molecular formula is C8H6BClF3K. The van der Waals surface area contributed by atoms with Gasteiger partial charge in [-0.05, 0) is 5.56 Å². The van der Waals surface area contributed by atoms with Gasteiger partial charge in [-0.25, -0.2) is 0 Å². The van der Waals surface area contributed by atoms with Crippen molar-refractivity contribution >= 4 is 29.1 Å². The first kappa shape index (κ1) is 14.7. The minimum atomic E-state index is -4.95. The molecule has 0 N–H and O–H groups in total. The van der Waals surface area contributed by atoms with Crippen molar-refractivity contribution in [2.24, 2.45) is 0 Å². The number of halogens is 4. The molecule has 1 aromatic carbocycles. The molecule has 0 atom stereocenters. The summed E-state index contributed by atoms with van der Waals surface area (Å²) in [5.41, 5.74) is -0.349. The van der Waals surface area contributed by atoms with Crippen LogP contribution in [0, 0.1) is 0 Å². The predicted octanol–water partition coefficient (Wildman–Crippen LogP) is -0.0455. The van der Waals surface area contributed by atoms with E-state index in [0.29, 0.717) is 5.56 Å². The summed E-state index contributed by atoms with van der Waals surface area (Å²) < 4.78 is 36.7. The van der Waals surface area contributed by atoms with Crippen molar-refractivity contribution in [1.82, 2.24) is 0 Å². The quantitative estimate of drug-likeness (QED) is 0.640. The zero-order valence-electron chi connectivity index (χ0n) is 7.61. The Bertz CT molecular complexity index is 338. The normalized spacial score (nSPS) is 10.6. The van der Waals surface area contributed by atoms with Crippen molar-refractivity contribution < 1.29 is 64.3 Å². The molecule has 0 spiro atoms. The maximum Gasteiger partial charge on any atom is 1.00 e. The molecule has 0 heterocycles. The number of hydrogen-bond donors (Lipinski definition) is 0. The van der Waals surface area contributed by atoms with Crippen molar-refractivity contribution in [1.29, 1.82) is 0 Å². The van der Waals surface area contributed by atoms with Gasteiger partial charge in [-0.2, -0.15) is 0 Å². The first-order chi connectivity index (χ1) is 5.91. The summed E-state index contributed by atoms with van der Waals surface area (Å²) in [4.78, 5) is 0. The van der Waals surface area contributed by atoms with E-state index >= 15 is 0 Å². The third-order valence-electron chi connectivity index (χ3n) is 1.58. The van der Waals surface area contributed by atoms with E-state index in [2.05, 4.69) is 6.58 Å². The number of benzene rings is 1. The van der Waals surface area contributed by atoms with Crippen LogP contribution in [-0.2, 0) is 0 Å². The molecule has 70 valence electrons. The zero-order valence-corrected chi connectivity index (χ0v) is 11.5. The summed E-state index contributed by atoms with van der Waals surface area (Å²) >= 11 is 5.47. The van der Waals surface area contributed by atoms with E-state index in [9.17, 15) is 12.9 Å². The largest absolute Gasteiger partial charge is 1.00 e. The molecule has 1 aromatic rings. The van der Waals surface area contributed by atoms with Crippen molar-refractivity contribution in [3.63, 3.8) is 0 Å². The Morgan fingerprint density at radius 3 is 2.29 bits per heavy atom. The number of hydrogen-bond acceptors (Lipinski definition) is 0. The van der Waals surface area contributed by atoms with Gasteiger partial charge in [-0.3, -0.25) is 0 Å². The van der Waals surface area contributed by atoms with Crippen molar-refractivity contribution in [2.45, 2.75) is 0 Å². The maximum absolute atomic E-state index is 12.2. The Kier molecular flexibility index (Phi) is 6.03. The Hall–Kier alpha value is 0.741. The van der Waals surface area contributed by atoms with Gasteiger partial charge in [0.25, 0.3) is 0 Å². The van der Waals surface area contributed by atoms with Crippen LogP contribution in [0.3, 0.4) is 0 Å². The maximum atomic E-state index is 12.2. The van der Waals surface area contributed by atoms with Gasteiger partial charge in [0.05, 0.1) is 0 Å². The molecule has 0 saturated carbocycles. The molecule has 6 heteroatoms. The Morgan fingerprint density at radius 1 is 1.29 bits per heavy atom. The second-order valence-electron chi connectivity index (χ2n) is 2.61. The van der Waals surface area contributed by atoms with Crippen LogP contribution < -0.4 is 56.8 Å². The molecule has 1 rings (SSSR count). The summed E-state index contributed by atoms with van der Waals surface area (Å²) in [6, 6.07) is 4.81. The Labute approximate surface area is 128 Å². The number of rotatable bonds is 2. The monoisotopic (exact) mass is 244 g/mol. The molecule has 0 amide bonds. The van der Waals surface area contributed by atoms with Crippen LogP contribution in [0.15, 0.2) is 30.8 Å². The molecule has 0 aliphatic rings. The second kappa shape index (κ2) is 5.72. The molecule has 0 saturated heterocycles. The van der Waals surface area contributed by atoms with Gasteiger partial charge in [0.2, 0.25) is 0 Å². The molecule has 0 radical (unpaired) electrons. The summed E-state index contributed by atoms with van der Waals surface area (Å²) in [6.07, 6.45) is 0. The molecule has 0 nitrogen and oxygen atoms in total. The fraction of sp³-hybridized carbons (Fsp3) is 0. The smallest absolute Gasteiger partial charge is 0.445 e. The Balaban J connectivity index is 0.00000169. The van der Waals surface area contributed by atoms with E-state index in [1.165, 1.54) is 12.1 Å². The van der Waals surface area contributed by atoms with Crippen molar-refractivity contribution in [3.05, 3.63) is 36.4 Å². The van der Waals surface area contributed by atoms with Crippen LogP contribution in [0.2, 0.25) is 0 Å². The van der Waals surface area contributed by atoms with Gasteiger partial charge in [0, 0.05) is 5.03 Å².